The molecule has 0 amide bonds. The number of aryl methyl sites for hydroxylation is 1. The Labute approximate surface area is 102 Å². The van der Waals surface area contributed by atoms with Gasteiger partial charge in [0.2, 0.25) is 5.95 Å². The fourth-order valence-electron chi connectivity index (χ4n) is 1.40. The third kappa shape index (κ3) is 2.40. The monoisotopic (exact) mass is 246 g/mol. The number of hydrogen-bond donors (Lipinski definition) is 1. The lowest BCUT2D eigenvalue weighted by Crippen LogP contribution is -2.02. The molecule has 4 nitrogen and oxygen atoms in total. The first-order valence-corrected chi connectivity index (χ1v) is 5.07. The molecular weight excluding hydrogens is 238 g/mol. The minimum absolute atomic E-state index is 0.0519. The molecule has 6 heteroatoms. The number of hydrogen-bond acceptors (Lipinski definition) is 4. The van der Waals surface area contributed by atoms with Crippen molar-refractivity contribution < 1.29 is 8.78 Å². The normalized spacial score (nSPS) is 9.89. The molecule has 0 atom stereocenters. The lowest BCUT2D eigenvalue weighted by molar-refractivity contribution is 0.511. The van der Waals surface area contributed by atoms with Crippen LogP contribution in [0, 0.1) is 29.9 Å². The number of halogens is 2. The van der Waals surface area contributed by atoms with Crippen molar-refractivity contribution in [3.8, 4) is 6.07 Å². The van der Waals surface area contributed by atoms with Crippen LogP contribution in [0.1, 0.15) is 11.4 Å². The van der Waals surface area contributed by atoms with E-state index in [-0.39, 0.29) is 17.3 Å². The van der Waals surface area contributed by atoms with E-state index in [1.165, 1.54) is 18.2 Å². The molecule has 1 aromatic heterocycles. The predicted octanol–water partition coefficient (Wildman–Crippen LogP) is 2.68. The first-order chi connectivity index (χ1) is 8.60. The number of aromatic nitrogens is 2. The van der Waals surface area contributed by atoms with Crippen molar-refractivity contribution in [2.75, 3.05) is 5.32 Å². The quantitative estimate of drug-likeness (QED) is 0.884. The summed E-state index contributed by atoms with van der Waals surface area (Å²) in [7, 11) is 0. The Bertz CT molecular complexity index is 634. The van der Waals surface area contributed by atoms with Crippen molar-refractivity contribution >= 4 is 11.6 Å². The second-order valence-electron chi connectivity index (χ2n) is 3.56. The molecule has 0 bridgehead atoms. The highest BCUT2D eigenvalue weighted by atomic mass is 19.2. The fraction of sp³-hybridized carbons (Fsp3) is 0.0833. The number of nitrogens with one attached hydrogen (secondary N) is 1. The van der Waals surface area contributed by atoms with Crippen LogP contribution in [0.4, 0.5) is 20.4 Å². The molecule has 2 rings (SSSR count). The van der Waals surface area contributed by atoms with E-state index >= 15 is 0 Å². The zero-order valence-corrected chi connectivity index (χ0v) is 9.41. The Morgan fingerprint density at radius 1 is 1.28 bits per heavy atom. The molecule has 0 aliphatic rings. The largest absolute Gasteiger partial charge is 0.322 e. The highest BCUT2D eigenvalue weighted by molar-refractivity contribution is 5.54. The smallest absolute Gasteiger partial charge is 0.228 e. The van der Waals surface area contributed by atoms with Crippen LogP contribution in [0.25, 0.3) is 0 Å². The van der Waals surface area contributed by atoms with Crippen LogP contribution < -0.4 is 5.32 Å². The van der Waals surface area contributed by atoms with E-state index in [0.29, 0.717) is 5.69 Å². The van der Waals surface area contributed by atoms with Gasteiger partial charge in [-0.1, -0.05) is 6.07 Å². The molecule has 0 saturated carbocycles. The molecule has 90 valence electrons. The van der Waals surface area contributed by atoms with E-state index in [1.807, 2.05) is 6.07 Å². The minimum atomic E-state index is -1.01. The molecular formula is C12H8F2N4. The third-order valence-corrected chi connectivity index (χ3v) is 2.17. The van der Waals surface area contributed by atoms with Gasteiger partial charge in [0.1, 0.15) is 11.8 Å². The standard InChI is InChI=1S/C12H8F2N4/c1-7-5-8(6-15)17-12(16-7)18-10-4-2-3-9(13)11(10)14/h2-5H,1H3,(H,16,17,18). The van der Waals surface area contributed by atoms with Crippen molar-refractivity contribution in [1.29, 1.82) is 5.26 Å². The molecule has 0 fully saturated rings. The Balaban J connectivity index is 2.37. The van der Waals surface area contributed by atoms with Crippen LogP contribution in [0.2, 0.25) is 0 Å². The maximum atomic E-state index is 13.4. The summed E-state index contributed by atoms with van der Waals surface area (Å²) in [5, 5.41) is 11.3. The van der Waals surface area contributed by atoms with Gasteiger partial charge in [-0.05, 0) is 25.1 Å². The predicted molar refractivity (Wildman–Crippen MR) is 61.1 cm³/mol. The fourth-order valence-corrected chi connectivity index (χ4v) is 1.40. The van der Waals surface area contributed by atoms with Crippen molar-refractivity contribution in [1.82, 2.24) is 9.97 Å². The molecule has 0 aliphatic carbocycles. The lowest BCUT2D eigenvalue weighted by atomic mass is 10.3. The summed E-state index contributed by atoms with van der Waals surface area (Å²) in [6.45, 7) is 1.68. The SMILES string of the molecule is Cc1cc(C#N)nc(Nc2cccc(F)c2F)n1. The van der Waals surface area contributed by atoms with E-state index in [1.54, 1.807) is 6.92 Å². The van der Waals surface area contributed by atoms with Gasteiger partial charge in [0, 0.05) is 5.69 Å². The van der Waals surface area contributed by atoms with Crippen molar-refractivity contribution in [2.45, 2.75) is 6.92 Å². The first kappa shape index (κ1) is 11.9. The lowest BCUT2D eigenvalue weighted by Gasteiger charge is -2.07. The van der Waals surface area contributed by atoms with Crippen LogP contribution in [-0.2, 0) is 0 Å². The molecule has 18 heavy (non-hydrogen) atoms. The van der Waals surface area contributed by atoms with E-state index < -0.39 is 11.6 Å². The Morgan fingerprint density at radius 3 is 2.78 bits per heavy atom. The van der Waals surface area contributed by atoms with Crippen molar-refractivity contribution in [3.05, 3.63) is 47.3 Å². The van der Waals surface area contributed by atoms with Gasteiger partial charge in [0.25, 0.3) is 0 Å². The molecule has 0 radical (unpaired) electrons. The molecule has 0 spiro atoms. The molecule has 0 unspecified atom stereocenters. The number of benzene rings is 1. The van der Waals surface area contributed by atoms with Crippen molar-refractivity contribution in [2.24, 2.45) is 0 Å². The zero-order chi connectivity index (χ0) is 13.1. The van der Waals surface area contributed by atoms with Crippen LogP contribution >= 0.6 is 0 Å². The van der Waals surface area contributed by atoms with Crippen LogP contribution in [0.3, 0.4) is 0 Å². The summed E-state index contributed by atoms with van der Waals surface area (Å²) in [5.41, 5.74) is 0.632. The van der Waals surface area contributed by atoms with Gasteiger partial charge in [0.15, 0.2) is 11.6 Å². The Kier molecular flexibility index (Phi) is 3.15. The highest BCUT2D eigenvalue weighted by Gasteiger charge is 2.09. The van der Waals surface area contributed by atoms with E-state index in [2.05, 4.69) is 15.3 Å². The van der Waals surface area contributed by atoms with Gasteiger partial charge in [-0.25, -0.2) is 18.7 Å². The minimum Gasteiger partial charge on any atom is -0.322 e. The van der Waals surface area contributed by atoms with Crippen LogP contribution in [-0.4, -0.2) is 9.97 Å². The second kappa shape index (κ2) is 4.75. The van der Waals surface area contributed by atoms with E-state index in [9.17, 15) is 8.78 Å². The van der Waals surface area contributed by atoms with E-state index in [4.69, 9.17) is 5.26 Å². The zero-order valence-electron chi connectivity index (χ0n) is 9.41. The van der Waals surface area contributed by atoms with Crippen LogP contribution in [0.15, 0.2) is 24.3 Å². The summed E-state index contributed by atoms with van der Waals surface area (Å²) >= 11 is 0. The van der Waals surface area contributed by atoms with Gasteiger partial charge >= 0.3 is 0 Å². The summed E-state index contributed by atoms with van der Waals surface area (Å²) < 4.78 is 26.4. The molecule has 1 heterocycles. The molecule has 1 N–H and O–H groups in total. The second-order valence-corrected chi connectivity index (χ2v) is 3.56. The topological polar surface area (TPSA) is 61.6 Å². The van der Waals surface area contributed by atoms with Gasteiger partial charge in [-0.15, -0.1) is 0 Å². The average Bonchev–Trinajstić information content (AvgIpc) is 2.34. The average molecular weight is 246 g/mol. The van der Waals surface area contributed by atoms with Gasteiger partial charge < -0.3 is 5.32 Å². The first-order valence-electron chi connectivity index (χ1n) is 5.07. The molecule has 0 saturated heterocycles. The molecule has 2 aromatic rings. The summed E-state index contributed by atoms with van der Waals surface area (Å²) in [6.07, 6.45) is 0. The van der Waals surface area contributed by atoms with Gasteiger partial charge in [-0.2, -0.15) is 5.26 Å². The highest BCUT2D eigenvalue weighted by Crippen LogP contribution is 2.19. The van der Waals surface area contributed by atoms with E-state index in [0.717, 1.165) is 6.07 Å². The third-order valence-electron chi connectivity index (χ3n) is 2.17. The Morgan fingerprint density at radius 2 is 2.06 bits per heavy atom. The number of anilines is 2. The number of rotatable bonds is 2. The van der Waals surface area contributed by atoms with Gasteiger partial charge in [-0.3, -0.25) is 0 Å². The van der Waals surface area contributed by atoms with Gasteiger partial charge in [0.05, 0.1) is 5.69 Å². The molecule has 1 aromatic carbocycles. The summed E-state index contributed by atoms with van der Waals surface area (Å²) in [5.74, 6) is -1.93. The maximum absolute atomic E-state index is 13.4. The van der Waals surface area contributed by atoms with Crippen LogP contribution in [0.5, 0.6) is 0 Å². The van der Waals surface area contributed by atoms with Crippen molar-refractivity contribution in [3.63, 3.8) is 0 Å². The molecule has 0 aliphatic heterocycles. The maximum Gasteiger partial charge on any atom is 0.228 e. The number of nitrogens with zero attached hydrogens (tertiary/aromatic N) is 3. The Hall–Kier alpha value is -2.55. The summed E-state index contributed by atoms with van der Waals surface area (Å²) in [6, 6.07) is 7.09. The summed E-state index contributed by atoms with van der Waals surface area (Å²) in [4.78, 5) is 7.83. The number of nitriles is 1.